The molecule has 0 bridgehead atoms. The summed E-state index contributed by atoms with van der Waals surface area (Å²) in [5, 5.41) is 6.66. The zero-order valence-corrected chi connectivity index (χ0v) is 16.8. The second kappa shape index (κ2) is 7.31. The number of carbonyl (C=O) groups excluding carboxylic acids is 2. The van der Waals surface area contributed by atoms with Crippen LogP contribution in [-0.4, -0.2) is 33.9 Å². The van der Waals surface area contributed by atoms with E-state index in [0.717, 1.165) is 46.6 Å². The molecule has 0 saturated heterocycles. The normalized spacial score (nSPS) is 16.3. The van der Waals surface area contributed by atoms with Gasteiger partial charge in [-0.15, -0.1) is 11.3 Å². The molecule has 2 amide bonds. The quantitative estimate of drug-likeness (QED) is 0.813. The highest BCUT2D eigenvalue weighted by Gasteiger charge is 2.29. The van der Waals surface area contributed by atoms with Gasteiger partial charge >= 0.3 is 0 Å². The number of hydrogen-bond acceptors (Lipinski definition) is 5. The molecule has 0 aromatic carbocycles. The summed E-state index contributed by atoms with van der Waals surface area (Å²) in [6, 6.07) is -0.498. The van der Waals surface area contributed by atoms with Crippen LogP contribution < -0.4 is 10.6 Å². The lowest BCUT2D eigenvalue weighted by molar-refractivity contribution is -0.123. The number of thiophene rings is 1. The third kappa shape index (κ3) is 3.72. The van der Waals surface area contributed by atoms with Gasteiger partial charge in [0.15, 0.2) is 0 Å². The van der Waals surface area contributed by atoms with E-state index in [1.54, 1.807) is 6.92 Å². The van der Waals surface area contributed by atoms with E-state index in [4.69, 9.17) is 0 Å². The van der Waals surface area contributed by atoms with Crippen molar-refractivity contribution >= 4 is 33.4 Å². The van der Waals surface area contributed by atoms with Crippen LogP contribution in [0.4, 0.5) is 0 Å². The van der Waals surface area contributed by atoms with E-state index in [1.807, 2.05) is 27.7 Å². The van der Waals surface area contributed by atoms with Crippen LogP contribution in [-0.2, 0) is 4.79 Å². The fourth-order valence-electron chi connectivity index (χ4n) is 2.90. The van der Waals surface area contributed by atoms with Gasteiger partial charge in [-0.2, -0.15) is 0 Å². The molecule has 0 aliphatic heterocycles. The summed E-state index contributed by atoms with van der Waals surface area (Å²) in [6.07, 6.45) is 3.14. The number of amides is 2. The van der Waals surface area contributed by atoms with Crippen LogP contribution in [0.1, 0.15) is 72.7 Å². The molecule has 2 unspecified atom stereocenters. The van der Waals surface area contributed by atoms with E-state index < -0.39 is 6.04 Å². The smallest absolute Gasteiger partial charge is 0.262 e. The summed E-state index contributed by atoms with van der Waals surface area (Å²) >= 11 is 1.38. The van der Waals surface area contributed by atoms with Gasteiger partial charge in [0.05, 0.1) is 10.6 Å². The molecule has 2 N–H and O–H groups in total. The topological polar surface area (TPSA) is 84.0 Å². The van der Waals surface area contributed by atoms with E-state index in [1.165, 1.54) is 11.3 Å². The first kappa shape index (κ1) is 18.8. The van der Waals surface area contributed by atoms with Crippen LogP contribution >= 0.6 is 11.3 Å². The van der Waals surface area contributed by atoms with Crippen LogP contribution in [0, 0.1) is 13.8 Å². The lowest BCUT2D eigenvalue weighted by atomic mass is 10.1. The Morgan fingerprint density at radius 1 is 1.19 bits per heavy atom. The predicted molar refractivity (Wildman–Crippen MR) is 104 cm³/mol. The second-order valence-corrected chi connectivity index (χ2v) is 8.19. The van der Waals surface area contributed by atoms with Crippen molar-refractivity contribution in [3.63, 3.8) is 0 Å². The summed E-state index contributed by atoms with van der Waals surface area (Å²) in [4.78, 5) is 35.7. The first-order chi connectivity index (χ1) is 12.3. The van der Waals surface area contributed by atoms with Crippen molar-refractivity contribution in [2.45, 2.75) is 71.9 Å². The molecule has 1 aliphatic rings. The first-order valence-electron chi connectivity index (χ1n) is 9.20. The Morgan fingerprint density at radius 2 is 1.88 bits per heavy atom. The van der Waals surface area contributed by atoms with Crippen molar-refractivity contribution in [1.82, 2.24) is 20.6 Å². The summed E-state index contributed by atoms with van der Waals surface area (Å²) in [6.45, 7) is 9.55. The minimum Gasteiger partial charge on any atom is -0.352 e. The Bertz CT molecular complexity index is 857. The number of hydrogen-bond donors (Lipinski definition) is 2. The Kier molecular flexibility index (Phi) is 5.27. The summed E-state index contributed by atoms with van der Waals surface area (Å²) in [7, 11) is 0. The van der Waals surface area contributed by atoms with Gasteiger partial charge in [-0.1, -0.05) is 6.92 Å². The number of carbonyl (C=O) groups is 2. The van der Waals surface area contributed by atoms with Crippen molar-refractivity contribution in [2.75, 3.05) is 0 Å². The van der Waals surface area contributed by atoms with Crippen LogP contribution in [0.2, 0.25) is 0 Å². The summed E-state index contributed by atoms with van der Waals surface area (Å²) in [5.74, 6) is 0.967. The van der Waals surface area contributed by atoms with E-state index in [2.05, 4.69) is 20.6 Å². The molecular weight excluding hydrogens is 348 g/mol. The zero-order chi connectivity index (χ0) is 19.0. The minimum absolute atomic E-state index is 0.0895. The fraction of sp³-hybridized carbons (Fsp3) is 0.579. The van der Waals surface area contributed by atoms with Crippen LogP contribution in [0.15, 0.2) is 0 Å². The summed E-state index contributed by atoms with van der Waals surface area (Å²) in [5.41, 5.74) is 1.81. The maximum Gasteiger partial charge on any atom is 0.262 e. The molecule has 2 heterocycles. The molecule has 140 valence electrons. The molecule has 1 fully saturated rings. The molecule has 7 heteroatoms. The number of nitrogens with one attached hydrogen (secondary N) is 2. The molecule has 2 aromatic rings. The Balaban J connectivity index is 1.81. The van der Waals surface area contributed by atoms with Crippen molar-refractivity contribution in [2.24, 2.45) is 0 Å². The average Bonchev–Trinajstić information content (AvgIpc) is 3.38. The van der Waals surface area contributed by atoms with Crippen molar-refractivity contribution in [1.29, 1.82) is 0 Å². The number of aromatic nitrogens is 2. The van der Waals surface area contributed by atoms with Gasteiger partial charge in [-0.05, 0) is 52.5 Å². The number of aryl methyl sites for hydroxylation is 2. The van der Waals surface area contributed by atoms with Crippen molar-refractivity contribution < 1.29 is 9.59 Å². The zero-order valence-electron chi connectivity index (χ0n) is 16.0. The lowest BCUT2D eigenvalue weighted by Crippen LogP contribution is -2.47. The first-order valence-corrected chi connectivity index (χ1v) is 10.0. The van der Waals surface area contributed by atoms with Gasteiger partial charge < -0.3 is 10.6 Å². The van der Waals surface area contributed by atoms with Crippen molar-refractivity contribution in [3.05, 3.63) is 22.0 Å². The number of nitrogens with zero attached hydrogens (tertiary/aromatic N) is 2. The molecule has 6 nitrogen and oxygen atoms in total. The minimum atomic E-state index is -0.588. The molecule has 0 spiro atoms. The number of fused-ring (bicyclic) bond motifs is 1. The standard InChI is InChI=1S/C19H26N4O2S/c1-6-9(2)20-17(24)12(5)22-18(25)15-10(3)14-11(4)21-16(13-7-8-13)23-19(14)26-15/h9,12-13H,6-8H2,1-5H3,(H,20,24)(H,22,25). The van der Waals surface area contributed by atoms with E-state index in [-0.39, 0.29) is 17.9 Å². The average molecular weight is 375 g/mol. The Labute approximate surface area is 157 Å². The van der Waals surface area contributed by atoms with E-state index in [0.29, 0.717) is 10.8 Å². The molecule has 1 saturated carbocycles. The lowest BCUT2D eigenvalue weighted by Gasteiger charge is -2.17. The van der Waals surface area contributed by atoms with Crippen molar-refractivity contribution in [3.8, 4) is 0 Å². The van der Waals surface area contributed by atoms with Gasteiger partial charge in [-0.3, -0.25) is 9.59 Å². The SMILES string of the molecule is CCC(C)NC(=O)C(C)NC(=O)c1sc2nc(C3CC3)nc(C)c2c1C. The molecule has 2 atom stereocenters. The largest absolute Gasteiger partial charge is 0.352 e. The fourth-order valence-corrected chi connectivity index (χ4v) is 4.04. The highest BCUT2D eigenvalue weighted by Crippen LogP contribution is 2.40. The predicted octanol–water partition coefficient (Wildman–Crippen LogP) is 3.22. The molecule has 3 rings (SSSR count). The maximum absolute atomic E-state index is 12.7. The number of rotatable bonds is 6. The van der Waals surface area contributed by atoms with Gasteiger partial charge in [0, 0.05) is 17.3 Å². The second-order valence-electron chi connectivity index (χ2n) is 7.19. The third-order valence-electron chi connectivity index (χ3n) is 4.88. The van der Waals surface area contributed by atoms with Gasteiger partial charge in [-0.25, -0.2) is 9.97 Å². The molecule has 26 heavy (non-hydrogen) atoms. The Morgan fingerprint density at radius 3 is 2.50 bits per heavy atom. The van der Waals surface area contributed by atoms with Crippen LogP contribution in [0.5, 0.6) is 0 Å². The summed E-state index contributed by atoms with van der Waals surface area (Å²) < 4.78 is 0. The molecular formula is C19H26N4O2S. The molecule has 0 radical (unpaired) electrons. The van der Waals surface area contributed by atoms with Crippen LogP contribution in [0.3, 0.4) is 0 Å². The highest BCUT2D eigenvalue weighted by molar-refractivity contribution is 7.20. The van der Waals surface area contributed by atoms with E-state index >= 15 is 0 Å². The monoisotopic (exact) mass is 374 g/mol. The van der Waals surface area contributed by atoms with Gasteiger partial charge in [0.25, 0.3) is 5.91 Å². The highest BCUT2D eigenvalue weighted by atomic mass is 32.1. The maximum atomic E-state index is 12.7. The van der Waals surface area contributed by atoms with Gasteiger partial charge in [0.2, 0.25) is 5.91 Å². The Hall–Kier alpha value is -2.02. The molecule has 1 aliphatic carbocycles. The van der Waals surface area contributed by atoms with Crippen LogP contribution in [0.25, 0.3) is 10.2 Å². The van der Waals surface area contributed by atoms with Gasteiger partial charge in [0.1, 0.15) is 16.7 Å². The third-order valence-corrected chi connectivity index (χ3v) is 6.06. The molecule has 2 aromatic heterocycles. The van der Waals surface area contributed by atoms with E-state index in [9.17, 15) is 9.59 Å².